The molecule has 2 amide bonds. The third-order valence-corrected chi connectivity index (χ3v) is 8.62. The van der Waals surface area contributed by atoms with Gasteiger partial charge in [0.25, 0.3) is 10.0 Å². The molecule has 0 aromatic heterocycles. The lowest BCUT2D eigenvalue weighted by atomic mass is 10.1. The molecule has 0 spiro atoms. The summed E-state index contributed by atoms with van der Waals surface area (Å²) in [5.74, 6) is -0.257. The number of hydrogen-bond acceptors (Lipinski definition) is 5. The number of sulfonamides is 1. The van der Waals surface area contributed by atoms with Crippen molar-refractivity contribution in [1.29, 1.82) is 0 Å². The predicted octanol–water partition coefficient (Wildman–Crippen LogP) is 5.30. The molecule has 0 fully saturated rings. The smallest absolute Gasteiger partial charge is 0.264 e. The Balaban J connectivity index is 2.00. The molecular formula is C30H36BrN3O5S. The Labute approximate surface area is 245 Å². The first-order valence-corrected chi connectivity index (χ1v) is 15.4. The maximum Gasteiger partial charge on any atom is 0.264 e. The van der Waals surface area contributed by atoms with Crippen LogP contribution in [0.4, 0.5) is 5.69 Å². The summed E-state index contributed by atoms with van der Waals surface area (Å²) >= 11 is 3.42. The number of ether oxygens (including phenoxy) is 1. The minimum atomic E-state index is -4.14. The molecule has 3 aromatic rings. The molecule has 0 aliphatic carbocycles. The summed E-state index contributed by atoms with van der Waals surface area (Å²) in [5.41, 5.74) is 2.11. The van der Waals surface area contributed by atoms with Gasteiger partial charge in [-0.1, -0.05) is 52.7 Å². The van der Waals surface area contributed by atoms with Crippen LogP contribution in [-0.4, -0.2) is 50.9 Å². The standard InChI is InChI=1S/C30H36BrN3O5S/c1-5-19-32-30(36)23(4)33(20-24-9-11-25(31)12-10-24)29(35)21-34(26-13-7-22(3)8-14-26)40(37,38)28-17-15-27(16-18-28)39-6-2/h7-18,23H,5-6,19-21H2,1-4H3,(H,32,36). The molecule has 0 saturated heterocycles. The number of anilines is 1. The van der Waals surface area contributed by atoms with Crippen molar-refractivity contribution in [3.8, 4) is 5.75 Å². The van der Waals surface area contributed by atoms with Crippen LogP contribution in [0.25, 0.3) is 0 Å². The van der Waals surface area contributed by atoms with E-state index in [1.807, 2.05) is 45.0 Å². The van der Waals surface area contributed by atoms with E-state index in [4.69, 9.17) is 4.74 Å². The first-order chi connectivity index (χ1) is 19.1. The summed E-state index contributed by atoms with van der Waals surface area (Å²) in [5, 5.41) is 2.84. The highest BCUT2D eigenvalue weighted by atomic mass is 79.9. The molecule has 0 saturated carbocycles. The Kier molecular flexibility index (Phi) is 11.2. The van der Waals surface area contributed by atoms with Crippen molar-refractivity contribution in [2.45, 2.75) is 51.6 Å². The Morgan fingerprint density at radius 1 is 0.950 bits per heavy atom. The van der Waals surface area contributed by atoms with Crippen LogP contribution in [-0.2, 0) is 26.2 Å². The number of aryl methyl sites for hydroxylation is 1. The molecule has 0 bridgehead atoms. The number of rotatable bonds is 13. The molecule has 1 atom stereocenters. The highest BCUT2D eigenvalue weighted by Gasteiger charge is 2.32. The first kappa shape index (κ1) is 31.2. The number of nitrogens with zero attached hydrogens (tertiary/aromatic N) is 2. The van der Waals surface area contributed by atoms with Crippen molar-refractivity contribution in [3.05, 3.63) is 88.4 Å². The molecule has 1 N–H and O–H groups in total. The number of benzene rings is 3. The molecule has 0 heterocycles. The van der Waals surface area contributed by atoms with Gasteiger partial charge < -0.3 is 15.0 Å². The Morgan fingerprint density at radius 3 is 2.15 bits per heavy atom. The second kappa shape index (κ2) is 14.3. The lowest BCUT2D eigenvalue weighted by molar-refractivity contribution is -0.139. The van der Waals surface area contributed by atoms with E-state index in [1.54, 1.807) is 43.3 Å². The van der Waals surface area contributed by atoms with Gasteiger partial charge in [0, 0.05) is 17.6 Å². The van der Waals surface area contributed by atoms with E-state index in [1.165, 1.54) is 17.0 Å². The van der Waals surface area contributed by atoms with Gasteiger partial charge >= 0.3 is 0 Å². The molecule has 214 valence electrons. The van der Waals surface area contributed by atoms with Crippen LogP contribution in [0.3, 0.4) is 0 Å². The van der Waals surface area contributed by atoms with Crippen molar-refractivity contribution in [3.63, 3.8) is 0 Å². The maximum absolute atomic E-state index is 13.9. The average Bonchev–Trinajstić information content (AvgIpc) is 2.94. The van der Waals surface area contributed by atoms with Crippen LogP contribution in [0.2, 0.25) is 0 Å². The molecule has 0 aliphatic rings. The second-order valence-electron chi connectivity index (χ2n) is 9.37. The number of nitrogens with one attached hydrogen (secondary N) is 1. The van der Waals surface area contributed by atoms with E-state index in [-0.39, 0.29) is 17.3 Å². The minimum Gasteiger partial charge on any atom is -0.494 e. The van der Waals surface area contributed by atoms with Crippen LogP contribution < -0.4 is 14.4 Å². The van der Waals surface area contributed by atoms with Crippen molar-refractivity contribution in [1.82, 2.24) is 10.2 Å². The molecule has 8 nitrogen and oxygen atoms in total. The summed E-state index contributed by atoms with van der Waals surface area (Å²) in [4.78, 5) is 28.3. The molecule has 0 aliphatic heterocycles. The summed E-state index contributed by atoms with van der Waals surface area (Å²) in [6, 6.07) is 19.6. The molecular weight excluding hydrogens is 594 g/mol. The van der Waals surface area contributed by atoms with E-state index in [2.05, 4.69) is 21.2 Å². The average molecular weight is 631 g/mol. The Bertz CT molecular complexity index is 1380. The van der Waals surface area contributed by atoms with E-state index >= 15 is 0 Å². The Hall–Kier alpha value is -3.37. The number of hydrogen-bond donors (Lipinski definition) is 1. The third kappa shape index (κ3) is 8.08. The molecule has 10 heteroatoms. The van der Waals surface area contributed by atoms with Crippen LogP contribution in [0.5, 0.6) is 5.75 Å². The highest BCUT2D eigenvalue weighted by molar-refractivity contribution is 9.10. The van der Waals surface area contributed by atoms with Gasteiger partial charge in [-0.15, -0.1) is 0 Å². The first-order valence-electron chi connectivity index (χ1n) is 13.2. The number of halogens is 1. The topological polar surface area (TPSA) is 96.0 Å². The lowest BCUT2D eigenvalue weighted by Crippen LogP contribution is -2.51. The zero-order valence-electron chi connectivity index (χ0n) is 23.3. The van der Waals surface area contributed by atoms with E-state index < -0.39 is 28.5 Å². The maximum atomic E-state index is 13.9. The van der Waals surface area contributed by atoms with Crippen molar-refractivity contribution in [2.75, 3.05) is 24.0 Å². The number of carbonyl (C=O) groups is 2. The van der Waals surface area contributed by atoms with Crippen LogP contribution in [0, 0.1) is 6.92 Å². The van der Waals surface area contributed by atoms with Gasteiger partial charge in [0.2, 0.25) is 11.8 Å². The van der Waals surface area contributed by atoms with E-state index in [0.717, 1.165) is 26.3 Å². The van der Waals surface area contributed by atoms with Crippen molar-refractivity contribution >= 4 is 43.5 Å². The van der Waals surface area contributed by atoms with Gasteiger partial charge in [-0.25, -0.2) is 8.42 Å². The number of carbonyl (C=O) groups excluding carboxylic acids is 2. The molecule has 3 rings (SSSR count). The van der Waals surface area contributed by atoms with Gasteiger partial charge in [0.15, 0.2) is 0 Å². The fourth-order valence-corrected chi connectivity index (χ4v) is 5.69. The predicted molar refractivity (Wildman–Crippen MR) is 161 cm³/mol. The lowest BCUT2D eigenvalue weighted by Gasteiger charge is -2.32. The quantitative estimate of drug-likeness (QED) is 0.277. The Morgan fingerprint density at radius 2 is 1.57 bits per heavy atom. The molecule has 1 unspecified atom stereocenters. The summed E-state index contributed by atoms with van der Waals surface area (Å²) < 4.78 is 35.3. The fourth-order valence-electron chi connectivity index (χ4n) is 4.01. The van der Waals surface area contributed by atoms with Crippen molar-refractivity contribution in [2.24, 2.45) is 0 Å². The van der Waals surface area contributed by atoms with Gasteiger partial charge in [-0.3, -0.25) is 13.9 Å². The third-order valence-electron chi connectivity index (χ3n) is 6.31. The molecule has 0 radical (unpaired) electrons. The zero-order valence-corrected chi connectivity index (χ0v) is 25.7. The second-order valence-corrected chi connectivity index (χ2v) is 12.1. The monoisotopic (exact) mass is 629 g/mol. The van der Waals surface area contributed by atoms with Gasteiger partial charge in [0.05, 0.1) is 17.2 Å². The summed E-state index contributed by atoms with van der Waals surface area (Å²) in [6.07, 6.45) is 0.751. The van der Waals surface area contributed by atoms with Crippen LogP contribution >= 0.6 is 15.9 Å². The molecule has 40 heavy (non-hydrogen) atoms. The largest absolute Gasteiger partial charge is 0.494 e. The summed E-state index contributed by atoms with van der Waals surface area (Å²) in [7, 11) is -4.14. The van der Waals surface area contributed by atoms with Crippen LogP contribution in [0.15, 0.2) is 82.2 Å². The van der Waals surface area contributed by atoms with E-state index in [0.29, 0.717) is 24.6 Å². The van der Waals surface area contributed by atoms with Crippen molar-refractivity contribution < 1.29 is 22.7 Å². The van der Waals surface area contributed by atoms with Gasteiger partial charge in [-0.05, 0) is 81.3 Å². The van der Waals surface area contributed by atoms with E-state index in [9.17, 15) is 18.0 Å². The normalized spacial score (nSPS) is 11.9. The minimum absolute atomic E-state index is 0.0255. The van der Waals surface area contributed by atoms with Gasteiger partial charge in [0.1, 0.15) is 18.3 Å². The number of amides is 2. The summed E-state index contributed by atoms with van der Waals surface area (Å²) in [6.45, 7) is 7.92. The van der Waals surface area contributed by atoms with Crippen LogP contribution in [0.1, 0.15) is 38.3 Å². The molecule has 3 aromatic carbocycles. The SMILES string of the molecule is CCCNC(=O)C(C)N(Cc1ccc(Br)cc1)C(=O)CN(c1ccc(C)cc1)S(=O)(=O)c1ccc(OCC)cc1. The van der Waals surface area contributed by atoms with Gasteiger partial charge in [-0.2, -0.15) is 0 Å². The zero-order chi connectivity index (χ0) is 29.3. The fraction of sp³-hybridized carbons (Fsp3) is 0.333. The highest BCUT2D eigenvalue weighted by Crippen LogP contribution is 2.26.